The molecule has 0 fully saturated rings. The molecule has 0 radical (unpaired) electrons. The second-order valence-corrected chi connectivity index (χ2v) is 4.64. The summed E-state index contributed by atoms with van der Waals surface area (Å²) in [6, 6.07) is 9.25. The van der Waals surface area contributed by atoms with E-state index in [0.717, 1.165) is 5.56 Å². The Balaban J connectivity index is 2.44. The van der Waals surface area contributed by atoms with Gasteiger partial charge < -0.3 is 10.1 Å². The topological polar surface area (TPSA) is 21.3 Å². The molecule has 0 heterocycles. The first kappa shape index (κ1) is 14.5. The van der Waals surface area contributed by atoms with Gasteiger partial charge in [-0.3, -0.25) is 0 Å². The Bertz CT molecular complexity index is 613. The molecule has 0 saturated heterocycles. The van der Waals surface area contributed by atoms with Crippen molar-refractivity contribution in [1.82, 2.24) is 5.32 Å². The molecule has 2 aromatic carbocycles. The molecule has 0 aliphatic rings. The van der Waals surface area contributed by atoms with Crippen molar-refractivity contribution in [2.75, 3.05) is 14.2 Å². The van der Waals surface area contributed by atoms with E-state index in [9.17, 15) is 8.78 Å². The van der Waals surface area contributed by atoms with Crippen molar-refractivity contribution in [3.8, 4) is 5.75 Å². The third-order valence-electron chi connectivity index (χ3n) is 3.26. The van der Waals surface area contributed by atoms with Gasteiger partial charge in [0.1, 0.15) is 5.82 Å². The number of hydrogen-bond donors (Lipinski definition) is 1. The molecule has 0 saturated carbocycles. The van der Waals surface area contributed by atoms with Crippen LogP contribution in [0.25, 0.3) is 0 Å². The molecule has 106 valence electrons. The van der Waals surface area contributed by atoms with E-state index in [0.29, 0.717) is 11.1 Å². The van der Waals surface area contributed by atoms with E-state index in [1.54, 1.807) is 25.2 Å². The van der Waals surface area contributed by atoms with Crippen LogP contribution in [0.2, 0.25) is 0 Å². The second kappa shape index (κ2) is 6.01. The molecule has 1 unspecified atom stereocenters. The van der Waals surface area contributed by atoms with Crippen LogP contribution in [0.3, 0.4) is 0 Å². The fourth-order valence-electron chi connectivity index (χ4n) is 2.23. The fourth-order valence-corrected chi connectivity index (χ4v) is 2.23. The molecular formula is C16H17F2NO. The number of benzene rings is 2. The Morgan fingerprint density at radius 2 is 1.80 bits per heavy atom. The van der Waals surface area contributed by atoms with Crippen LogP contribution in [0.4, 0.5) is 8.78 Å². The normalized spacial score (nSPS) is 12.2. The van der Waals surface area contributed by atoms with E-state index in [1.165, 1.54) is 19.2 Å². The minimum atomic E-state index is -0.460. The molecule has 2 aromatic rings. The largest absolute Gasteiger partial charge is 0.494 e. The maximum Gasteiger partial charge on any atom is 0.165 e. The summed E-state index contributed by atoms with van der Waals surface area (Å²) in [5.41, 5.74) is 1.98. The van der Waals surface area contributed by atoms with E-state index in [1.807, 2.05) is 13.0 Å². The van der Waals surface area contributed by atoms with Crippen molar-refractivity contribution in [2.45, 2.75) is 13.0 Å². The minimum absolute atomic E-state index is 0.174. The predicted octanol–water partition coefficient (Wildman–Crippen LogP) is 3.59. The number of methoxy groups -OCH3 is 1. The van der Waals surface area contributed by atoms with Crippen LogP contribution in [-0.2, 0) is 0 Å². The number of rotatable bonds is 4. The Hall–Kier alpha value is -1.94. The third-order valence-corrected chi connectivity index (χ3v) is 3.26. The Morgan fingerprint density at radius 1 is 1.05 bits per heavy atom. The van der Waals surface area contributed by atoms with E-state index in [-0.39, 0.29) is 11.6 Å². The number of aryl methyl sites for hydroxylation is 1. The molecule has 20 heavy (non-hydrogen) atoms. The SMILES string of the molecule is CNC(c1ccc(OC)c(F)c1)c1ccc(C)cc1F. The molecule has 0 bridgehead atoms. The van der Waals surface area contributed by atoms with Crippen LogP contribution >= 0.6 is 0 Å². The highest BCUT2D eigenvalue weighted by atomic mass is 19.1. The van der Waals surface area contributed by atoms with Gasteiger partial charge in [0.25, 0.3) is 0 Å². The zero-order valence-electron chi connectivity index (χ0n) is 11.7. The molecule has 1 atom stereocenters. The van der Waals surface area contributed by atoms with Crippen LogP contribution in [0.1, 0.15) is 22.7 Å². The minimum Gasteiger partial charge on any atom is -0.494 e. The van der Waals surface area contributed by atoms with Crippen molar-refractivity contribution < 1.29 is 13.5 Å². The molecule has 0 aliphatic carbocycles. The first-order valence-electron chi connectivity index (χ1n) is 6.33. The third kappa shape index (κ3) is 2.80. The number of ether oxygens (including phenoxy) is 1. The van der Waals surface area contributed by atoms with E-state index in [2.05, 4.69) is 5.32 Å². The summed E-state index contributed by atoms with van der Waals surface area (Å²) < 4.78 is 32.7. The number of halogens is 2. The lowest BCUT2D eigenvalue weighted by Crippen LogP contribution is -2.19. The van der Waals surface area contributed by atoms with Crippen molar-refractivity contribution >= 4 is 0 Å². The van der Waals surface area contributed by atoms with Gasteiger partial charge in [-0.05, 0) is 43.3 Å². The van der Waals surface area contributed by atoms with Gasteiger partial charge in [0.15, 0.2) is 11.6 Å². The highest BCUT2D eigenvalue weighted by Crippen LogP contribution is 2.28. The highest BCUT2D eigenvalue weighted by molar-refractivity contribution is 5.38. The predicted molar refractivity (Wildman–Crippen MR) is 75.0 cm³/mol. The summed E-state index contributed by atoms with van der Waals surface area (Å²) in [6.45, 7) is 1.83. The van der Waals surface area contributed by atoms with Crippen molar-refractivity contribution in [3.63, 3.8) is 0 Å². The van der Waals surface area contributed by atoms with Crippen molar-refractivity contribution in [3.05, 3.63) is 64.7 Å². The highest BCUT2D eigenvalue weighted by Gasteiger charge is 2.17. The lowest BCUT2D eigenvalue weighted by atomic mass is 9.97. The van der Waals surface area contributed by atoms with Gasteiger partial charge in [0.2, 0.25) is 0 Å². The maximum absolute atomic E-state index is 14.1. The maximum atomic E-state index is 14.1. The van der Waals surface area contributed by atoms with Crippen molar-refractivity contribution in [1.29, 1.82) is 0 Å². The van der Waals surface area contributed by atoms with Gasteiger partial charge >= 0.3 is 0 Å². The van der Waals surface area contributed by atoms with Gasteiger partial charge in [-0.1, -0.05) is 18.2 Å². The lowest BCUT2D eigenvalue weighted by molar-refractivity contribution is 0.386. The van der Waals surface area contributed by atoms with Crippen molar-refractivity contribution in [2.24, 2.45) is 0 Å². The average Bonchev–Trinajstić information content (AvgIpc) is 2.42. The van der Waals surface area contributed by atoms with Crippen LogP contribution in [0.5, 0.6) is 5.75 Å². The molecule has 0 aromatic heterocycles. The number of nitrogens with one attached hydrogen (secondary N) is 1. The molecule has 0 spiro atoms. The molecule has 2 nitrogen and oxygen atoms in total. The van der Waals surface area contributed by atoms with E-state index in [4.69, 9.17) is 4.74 Å². The Morgan fingerprint density at radius 3 is 2.35 bits per heavy atom. The Kier molecular flexibility index (Phi) is 4.35. The summed E-state index contributed by atoms with van der Waals surface area (Å²) >= 11 is 0. The first-order chi connectivity index (χ1) is 9.56. The molecule has 2 rings (SSSR count). The number of hydrogen-bond acceptors (Lipinski definition) is 2. The molecule has 4 heteroatoms. The Labute approximate surface area is 117 Å². The fraction of sp³-hybridized carbons (Fsp3) is 0.250. The van der Waals surface area contributed by atoms with E-state index >= 15 is 0 Å². The standard InChI is InChI=1S/C16H17F2NO/c1-10-4-6-12(13(17)8-10)16(19-2)11-5-7-15(20-3)14(18)9-11/h4-9,16,19H,1-3H3. The molecular weight excluding hydrogens is 260 g/mol. The van der Waals surface area contributed by atoms with Crippen LogP contribution < -0.4 is 10.1 Å². The van der Waals surface area contributed by atoms with Gasteiger partial charge in [0.05, 0.1) is 13.2 Å². The van der Waals surface area contributed by atoms with Crippen LogP contribution in [-0.4, -0.2) is 14.2 Å². The van der Waals surface area contributed by atoms with Gasteiger partial charge in [-0.2, -0.15) is 0 Å². The van der Waals surface area contributed by atoms with Crippen LogP contribution in [0.15, 0.2) is 36.4 Å². The van der Waals surface area contributed by atoms with Gasteiger partial charge in [-0.25, -0.2) is 8.78 Å². The van der Waals surface area contributed by atoms with Crippen LogP contribution in [0, 0.1) is 18.6 Å². The monoisotopic (exact) mass is 277 g/mol. The summed E-state index contributed by atoms with van der Waals surface area (Å²) in [4.78, 5) is 0. The molecule has 1 N–H and O–H groups in total. The zero-order chi connectivity index (χ0) is 14.7. The second-order valence-electron chi connectivity index (χ2n) is 4.64. The van der Waals surface area contributed by atoms with E-state index < -0.39 is 11.9 Å². The molecule has 0 aliphatic heterocycles. The summed E-state index contributed by atoms with van der Waals surface area (Å²) in [6.07, 6.45) is 0. The van der Waals surface area contributed by atoms with Gasteiger partial charge in [-0.15, -0.1) is 0 Å². The lowest BCUT2D eigenvalue weighted by Gasteiger charge is -2.19. The quantitative estimate of drug-likeness (QED) is 0.922. The smallest absolute Gasteiger partial charge is 0.165 e. The summed E-state index contributed by atoms with van der Waals surface area (Å²) in [5.74, 6) is -0.591. The summed E-state index contributed by atoms with van der Waals surface area (Å²) in [5, 5.41) is 3.01. The molecule has 0 amide bonds. The average molecular weight is 277 g/mol. The van der Waals surface area contributed by atoms with Gasteiger partial charge in [0, 0.05) is 5.56 Å². The summed E-state index contributed by atoms with van der Waals surface area (Å²) in [7, 11) is 3.12. The zero-order valence-corrected chi connectivity index (χ0v) is 11.7. The first-order valence-corrected chi connectivity index (χ1v) is 6.33.